The van der Waals surface area contributed by atoms with E-state index in [1.165, 1.54) is 0 Å². The fraction of sp³-hybridized carbons (Fsp3) is 0.300. The standard InChI is InChI=1S/C20H4F18/c21-15(22,23)9-1-5-6(2-10(9)16(24,25)26)14(20(36,37)38)8-4-12(18(30,31)32)11(17(27,28)29)3-7(8)13(5)19(33,34)35/h1-4H. The molecule has 18 heteroatoms. The molecule has 0 bridgehead atoms. The number of alkyl halides is 18. The largest absolute Gasteiger partial charge is 0.417 e. The summed E-state index contributed by atoms with van der Waals surface area (Å²) in [6.45, 7) is 0. The molecule has 0 atom stereocenters. The van der Waals surface area contributed by atoms with Crippen molar-refractivity contribution in [2.75, 3.05) is 0 Å². The Bertz CT molecular complexity index is 1200. The van der Waals surface area contributed by atoms with E-state index in [-0.39, 0.29) is 0 Å². The first kappa shape index (κ1) is 29.5. The van der Waals surface area contributed by atoms with Crippen molar-refractivity contribution in [1.29, 1.82) is 0 Å². The molecule has 3 aromatic carbocycles. The van der Waals surface area contributed by atoms with Crippen LogP contribution in [0.1, 0.15) is 33.4 Å². The first-order valence-corrected chi connectivity index (χ1v) is 9.21. The molecule has 0 aliphatic heterocycles. The fourth-order valence-corrected chi connectivity index (χ4v) is 3.87. The molecule has 0 saturated carbocycles. The van der Waals surface area contributed by atoms with Crippen molar-refractivity contribution < 1.29 is 79.0 Å². The van der Waals surface area contributed by atoms with Gasteiger partial charge in [-0.05, 0) is 45.8 Å². The first-order valence-electron chi connectivity index (χ1n) is 9.21. The van der Waals surface area contributed by atoms with E-state index in [0.29, 0.717) is 0 Å². The second-order valence-electron chi connectivity index (χ2n) is 7.62. The van der Waals surface area contributed by atoms with Gasteiger partial charge in [0.25, 0.3) is 0 Å². The maximum atomic E-state index is 13.9. The van der Waals surface area contributed by atoms with Gasteiger partial charge in [-0.2, -0.15) is 79.0 Å². The SMILES string of the molecule is FC(F)(F)c1cc2c(C(F)(F)F)c3cc(C(F)(F)F)c(C(F)(F)F)cc3c(C(F)(F)F)c2cc1C(F)(F)F. The van der Waals surface area contributed by atoms with Crippen LogP contribution in [0.2, 0.25) is 0 Å². The molecule has 0 fully saturated rings. The van der Waals surface area contributed by atoms with Crippen molar-refractivity contribution >= 4 is 21.5 Å². The predicted molar refractivity (Wildman–Crippen MR) is 91.5 cm³/mol. The van der Waals surface area contributed by atoms with Crippen LogP contribution in [-0.2, 0) is 37.1 Å². The lowest BCUT2D eigenvalue weighted by Gasteiger charge is -2.25. The lowest BCUT2D eigenvalue weighted by atomic mass is 9.86. The zero-order valence-electron chi connectivity index (χ0n) is 17.1. The molecule has 210 valence electrons. The lowest BCUT2D eigenvalue weighted by molar-refractivity contribution is -0.162. The topological polar surface area (TPSA) is 0 Å². The molecule has 3 rings (SSSR count). The van der Waals surface area contributed by atoms with Crippen LogP contribution in [0.3, 0.4) is 0 Å². The van der Waals surface area contributed by atoms with Gasteiger partial charge in [-0.25, -0.2) is 0 Å². The van der Waals surface area contributed by atoms with E-state index in [2.05, 4.69) is 0 Å². The van der Waals surface area contributed by atoms with Gasteiger partial charge < -0.3 is 0 Å². The molecule has 0 unspecified atom stereocenters. The fourth-order valence-electron chi connectivity index (χ4n) is 3.87. The average Bonchev–Trinajstić information content (AvgIpc) is 2.65. The highest BCUT2D eigenvalue weighted by molar-refractivity contribution is 6.07. The third-order valence-electron chi connectivity index (χ3n) is 5.18. The summed E-state index contributed by atoms with van der Waals surface area (Å²) in [5.41, 5.74) is -17.2. The smallest absolute Gasteiger partial charge is 0.166 e. The van der Waals surface area contributed by atoms with E-state index in [0.717, 1.165) is 0 Å². The number of rotatable bonds is 0. The van der Waals surface area contributed by atoms with Gasteiger partial charge in [0.1, 0.15) is 0 Å². The molecule has 38 heavy (non-hydrogen) atoms. The molecule has 0 aliphatic carbocycles. The van der Waals surface area contributed by atoms with Crippen molar-refractivity contribution in [3.8, 4) is 0 Å². The van der Waals surface area contributed by atoms with E-state index >= 15 is 0 Å². The zero-order valence-corrected chi connectivity index (χ0v) is 17.1. The molecule has 0 spiro atoms. The van der Waals surface area contributed by atoms with Crippen LogP contribution in [-0.4, -0.2) is 0 Å². The van der Waals surface area contributed by atoms with Gasteiger partial charge in [0.15, 0.2) is 0 Å². The second-order valence-corrected chi connectivity index (χ2v) is 7.62. The predicted octanol–water partition coefficient (Wildman–Crippen LogP) is 10.1. The summed E-state index contributed by atoms with van der Waals surface area (Å²) in [6, 6.07) is -3.94. The van der Waals surface area contributed by atoms with E-state index in [9.17, 15) is 79.0 Å². The van der Waals surface area contributed by atoms with Gasteiger partial charge in [-0.15, -0.1) is 0 Å². The quantitative estimate of drug-likeness (QED) is 0.182. The maximum absolute atomic E-state index is 13.9. The Balaban J connectivity index is 2.87. The van der Waals surface area contributed by atoms with Crippen molar-refractivity contribution in [3.63, 3.8) is 0 Å². The summed E-state index contributed by atoms with van der Waals surface area (Å²) < 4.78 is 243. The van der Waals surface area contributed by atoms with E-state index in [1.807, 2.05) is 0 Å². The van der Waals surface area contributed by atoms with Crippen LogP contribution in [0, 0.1) is 0 Å². The Hall–Kier alpha value is -3.08. The highest BCUT2D eigenvalue weighted by Crippen LogP contribution is 2.53. The van der Waals surface area contributed by atoms with Crippen LogP contribution in [0.5, 0.6) is 0 Å². The number of fused-ring (bicyclic) bond motifs is 2. The third-order valence-corrected chi connectivity index (χ3v) is 5.18. The van der Waals surface area contributed by atoms with Crippen LogP contribution >= 0.6 is 0 Å². The Morgan fingerprint density at radius 1 is 0.263 bits per heavy atom. The molecule has 0 amide bonds. The monoisotopic (exact) mass is 586 g/mol. The molecule has 0 aliphatic rings. The summed E-state index contributed by atoms with van der Waals surface area (Å²) in [4.78, 5) is 0. The number of benzene rings is 3. The minimum absolute atomic E-state index is 0.986. The Labute approximate surface area is 196 Å². The highest BCUT2D eigenvalue weighted by atomic mass is 19.4. The third kappa shape index (κ3) is 5.12. The van der Waals surface area contributed by atoms with E-state index in [4.69, 9.17) is 0 Å². The summed E-state index contributed by atoms with van der Waals surface area (Å²) in [7, 11) is 0. The van der Waals surface area contributed by atoms with Crippen LogP contribution in [0.4, 0.5) is 79.0 Å². The lowest BCUT2D eigenvalue weighted by Crippen LogP contribution is -2.20. The van der Waals surface area contributed by atoms with Crippen LogP contribution in [0.25, 0.3) is 21.5 Å². The van der Waals surface area contributed by atoms with E-state index < -0.39 is 116 Å². The maximum Gasteiger partial charge on any atom is 0.417 e. The zero-order chi connectivity index (χ0) is 29.6. The van der Waals surface area contributed by atoms with Crippen LogP contribution < -0.4 is 0 Å². The van der Waals surface area contributed by atoms with Crippen molar-refractivity contribution in [2.45, 2.75) is 37.1 Å². The van der Waals surface area contributed by atoms with Gasteiger partial charge in [0.05, 0.1) is 33.4 Å². The molecule has 0 saturated heterocycles. The van der Waals surface area contributed by atoms with Gasteiger partial charge in [-0.3, -0.25) is 0 Å². The molecule has 0 N–H and O–H groups in total. The molecule has 0 nitrogen and oxygen atoms in total. The number of hydrogen-bond donors (Lipinski definition) is 0. The highest BCUT2D eigenvalue weighted by Gasteiger charge is 2.49. The van der Waals surface area contributed by atoms with E-state index in [1.54, 1.807) is 0 Å². The minimum Gasteiger partial charge on any atom is -0.166 e. The Kier molecular flexibility index (Phi) is 6.37. The second kappa shape index (κ2) is 8.21. The molecule has 0 heterocycles. The number of halogens is 18. The number of hydrogen-bond acceptors (Lipinski definition) is 0. The molecular formula is C20H4F18. The van der Waals surface area contributed by atoms with Crippen molar-refractivity contribution in [2.24, 2.45) is 0 Å². The van der Waals surface area contributed by atoms with Crippen molar-refractivity contribution in [3.05, 3.63) is 57.6 Å². The molecular weight excluding hydrogens is 582 g/mol. The normalized spacial score (nSPS) is 14.6. The first-order chi connectivity index (χ1) is 16.7. The molecule has 3 aromatic rings. The van der Waals surface area contributed by atoms with Gasteiger partial charge in [-0.1, -0.05) is 0 Å². The summed E-state index contributed by atoms with van der Waals surface area (Å²) in [5.74, 6) is 0. The van der Waals surface area contributed by atoms with Gasteiger partial charge in [0, 0.05) is 0 Å². The Morgan fingerprint density at radius 3 is 0.526 bits per heavy atom. The van der Waals surface area contributed by atoms with Gasteiger partial charge in [0.2, 0.25) is 0 Å². The summed E-state index contributed by atoms with van der Waals surface area (Å²) >= 11 is 0. The van der Waals surface area contributed by atoms with Crippen LogP contribution in [0.15, 0.2) is 24.3 Å². The molecule has 0 radical (unpaired) electrons. The minimum atomic E-state index is -6.16. The Morgan fingerprint density at radius 2 is 0.421 bits per heavy atom. The summed E-state index contributed by atoms with van der Waals surface area (Å²) in [6.07, 6.45) is -36.9. The van der Waals surface area contributed by atoms with Crippen molar-refractivity contribution in [1.82, 2.24) is 0 Å². The summed E-state index contributed by atoms with van der Waals surface area (Å²) in [5, 5.41) is -9.09. The molecule has 0 aromatic heterocycles. The average molecular weight is 586 g/mol. The van der Waals surface area contributed by atoms with Gasteiger partial charge >= 0.3 is 37.1 Å².